The van der Waals surface area contributed by atoms with Gasteiger partial charge in [-0.2, -0.15) is 9.57 Å². The fourth-order valence-corrected chi connectivity index (χ4v) is 4.73. The fourth-order valence-electron chi connectivity index (χ4n) is 3.56. The minimum atomic E-state index is -3.67. The summed E-state index contributed by atoms with van der Waals surface area (Å²) in [6.07, 6.45) is 1.96. The summed E-state index contributed by atoms with van der Waals surface area (Å²) in [6.45, 7) is 0.126. The van der Waals surface area contributed by atoms with Crippen molar-refractivity contribution in [1.29, 1.82) is 5.26 Å². The number of aromatic nitrogens is 2. The van der Waals surface area contributed by atoms with E-state index in [1.807, 2.05) is 30.3 Å². The molecule has 1 aliphatic rings. The number of nitriles is 1. The summed E-state index contributed by atoms with van der Waals surface area (Å²) >= 11 is 0. The van der Waals surface area contributed by atoms with Crippen molar-refractivity contribution >= 4 is 33.3 Å². The first-order chi connectivity index (χ1) is 15.8. The van der Waals surface area contributed by atoms with Gasteiger partial charge in [0.15, 0.2) is 0 Å². The van der Waals surface area contributed by atoms with Crippen LogP contribution in [0, 0.1) is 11.3 Å². The van der Waals surface area contributed by atoms with Gasteiger partial charge in [-0.05, 0) is 30.3 Å². The molecular formula is C23H22N6O3S. The number of amides is 1. The molecule has 33 heavy (non-hydrogen) atoms. The van der Waals surface area contributed by atoms with Crippen molar-refractivity contribution < 1.29 is 13.2 Å². The Morgan fingerprint density at radius 3 is 2.64 bits per heavy atom. The van der Waals surface area contributed by atoms with Crippen LogP contribution in [0.15, 0.2) is 59.6 Å². The SMILES string of the molecule is CN1C(=O)Cc2cnc(Nc3ccc(S(=O)(=O)N(C)CCC#N)cc3)nc2-c2ccccc21. The first kappa shape index (κ1) is 22.4. The average molecular weight is 463 g/mol. The van der Waals surface area contributed by atoms with Gasteiger partial charge < -0.3 is 10.2 Å². The molecule has 0 spiro atoms. The monoisotopic (exact) mass is 462 g/mol. The molecule has 0 bridgehead atoms. The van der Waals surface area contributed by atoms with Gasteiger partial charge in [-0.3, -0.25) is 4.79 Å². The van der Waals surface area contributed by atoms with Gasteiger partial charge in [0.25, 0.3) is 0 Å². The molecule has 0 aliphatic carbocycles. The van der Waals surface area contributed by atoms with E-state index >= 15 is 0 Å². The molecule has 168 valence electrons. The number of nitrogens with zero attached hydrogens (tertiary/aromatic N) is 5. The lowest BCUT2D eigenvalue weighted by Crippen LogP contribution is -2.27. The first-order valence-electron chi connectivity index (χ1n) is 10.2. The minimum absolute atomic E-state index is 0.0398. The van der Waals surface area contributed by atoms with Crippen LogP contribution in [0.2, 0.25) is 0 Å². The second-order valence-corrected chi connectivity index (χ2v) is 9.64. The summed E-state index contributed by atoms with van der Waals surface area (Å²) in [6, 6.07) is 15.8. The third-order valence-electron chi connectivity index (χ3n) is 5.46. The van der Waals surface area contributed by atoms with Gasteiger partial charge in [0.05, 0.1) is 28.8 Å². The highest BCUT2D eigenvalue weighted by atomic mass is 32.2. The number of para-hydroxylation sites is 1. The number of benzene rings is 2. The Labute approximate surface area is 192 Å². The maximum Gasteiger partial charge on any atom is 0.242 e. The highest BCUT2D eigenvalue weighted by molar-refractivity contribution is 7.89. The molecule has 0 atom stereocenters. The molecule has 3 aromatic rings. The van der Waals surface area contributed by atoms with Gasteiger partial charge in [0.2, 0.25) is 21.9 Å². The van der Waals surface area contributed by atoms with Crippen molar-refractivity contribution in [3.05, 3.63) is 60.3 Å². The van der Waals surface area contributed by atoms with Crippen molar-refractivity contribution in [3.8, 4) is 17.3 Å². The maximum atomic E-state index is 12.6. The van der Waals surface area contributed by atoms with Crippen LogP contribution < -0.4 is 10.2 Å². The van der Waals surface area contributed by atoms with Crippen molar-refractivity contribution in [2.24, 2.45) is 0 Å². The molecular weight excluding hydrogens is 440 g/mol. The molecule has 2 aromatic carbocycles. The van der Waals surface area contributed by atoms with Crippen LogP contribution >= 0.6 is 0 Å². The number of fused-ring (bicyclic) bond motifs is 3. The number of carbonyl (C=O) groups is 1. The number of sulfonamides is 1. The van der Waals surface area contributed by atoms with Gasteiger partial charge in [-0.15, -0.1) is 0 Å². The Morgan fingerprint density at radius 2 is 1.91 bits per heavy atom. The third kappa shape index (κ3) is 4.41. The zero-order valence-corrected chi connectivity index (χ0v) is 19.0. The Morgan fingerprint density at radius 1 is 1.18 bits per heavy atom. The minimum Gasteiger partial charge on any atom is -0.324 e. The topological polar surface area (TPSA) is 119 Å². The van der Waals surface area contributed by atoms with Gasteiger partial charge in [0.1, 0.15) is 0 Å². The molecule has 0 radical (unpaired) electrons. The largest absolute Gasteiger partial charge is 0.324 e. The van der Waals surface area contributed by atoms with Crippen LogP contribution in [0.5, 0.6) is 0 Å². The highest BCUT2D eigenvalue weighted by Gasteiger charge is 2.25. The molecule has 10 heteroatoms. The summed E-state index contributed by atoms with van der Waals surface area (Å²) in [5.74, 6) is 0.296. The molecule has 1 aromatic heterocycles. The van der Waals surface area contributed by atoms with Gasteiger partial charge >= 0.3 is 0 Å². The number of carbonyl (C=O) groups excluding carboxylic acids is 1. The molecule has 9 nitrogen and oxygen atoms in total. The number of nitrogens with one attached hydrogen (secondary N) is 1. The van der Waals surface area contributed by atoms with E-state index in [0.717, 1.165) is 21.1 Å². The van der Waals surface area contributed by atoms with Crippen LogP contribution in [0.3, 0.4) is 0 Å². The molecule has 2 heterocycles. The summed E-state index contributed by atoms with van der Waals surface area (Å²) in [7, 11) is -0.484. The van der Waals surface area contributed by atoms with E-state index in [0.29, 0.717) is 17.3 Å². The van der Waals surface area contributed by atoms with E-state index in [4.69, 9.17) is 5.26 Å². The number of likely N-dealkylation sites (N-methyl/N-ethyl adjacent to an activating group) is 1. The summed E-state index contributed by atoms with van der Waals surface area (Å²) in [5.41, 5.74) is 3.65. The number of hydrogen-bond donors (Lipinski definition) is 1. The lowest BCUT2D eigenvalue weighted by molar-refractivity contribution is -0.117. The van der Waals surface area contributed by atoms with Gasteiger partial charge in [0, 0.05) is 50.1 Å². The molecule has 4 rings (SSSR count). The number of hydrogen-bond acceptors (Lipinski definition) is 7. The Bertz CT molecular complexity index is 1350. The maximum absolute atomic E-state index is 12.6. The van der Waals surface area contributed by atoms with Crippen molar-refractivity contribution in [2.45, 2.75) is 17.7 Å². The van der Waals surface area contributed by atoms with Crippen LogP contribution in [0.1, 0.15) is 12.0 Å². The molecule has 1 aliphatic heterocycles. The zero-order valence-electron chi connectivity index (χ0n) is 18.2. The van der Waals surface area contributed by atoms with E-state index in [-0.39, 0.29) is 30.2 Å². The smallest absolute Gasteiger partial charge is 0.242 e. The summed E-state index contributed by atoms with van der Waals surface area (Å²) in [4.78, 5) is 23.3. The standard InChI is InChI=1S/C23H22N6O3S/c1-28(13-5-12-24)33(31,32)18-10-8-17(9-11-18)26-23-25-15-16-14-21(30)29(2)20-7-4-3-6-19(20)22(16)27-23/h3-4,6-11,15H,5,13-14H2,1-2H3,(H,25,26,27). The Kier molecular flexibility index (Phi) is 6.09. The van der Waals surface area contributed by atoms with E-state index in [1.165, 1.54) is 19.2 Å². The number of anilines is 3. The lowest BCUT2D eigenvalue weighted by atomic mass is 10.1. The predicted molar refractivity (Wildman–Crippen MR) is 124 cm³/mol. The second-order valence-electron chi connectivity index (χ2n) is 7.60. The quantitative estimate of drug-likeness (QED) is 0.598. The van der Waals surface area contributed by atoms with Crippen molar-refractivity contribution in [1.82, 2.24) is 14.3 Å². The lowest BCUT2D eigenvalue weighted by Gasteiger charge is -2.17. The molecule has 0 saturated carbocycles. The van der Waals surface area contributed by atoms with E-state index in [1.54, 1.807) is 30.3 Å². The van der Waals surface area contributed by atoms with Crippen LogP contribution in [-0.2, 0) is 21.2 Å². The number of rotatable bonds is 6. The van der Waals surface area contributed by atoms with E-state index < -0.39 is 10.0 Å². The first-order valence-corrected chi connectivity index (χ1v) is 11.7. The molecule has 0 fully saturated rings. The van der Waals surface area contributed by atoms with Crippen LogP contribution in [-0.4, -0.2) is 49.2 Å². The Hall–Kier alpha value is -3.81. The zero-order chi connectivity index (χ0) is 23.6. The van der Waals surface area contributed by atoms with Gasteiger partial charge in [-0.1, -0.05) is 18.2 Å². The van der Waals surface area contributed by atoms with E-state index in [2.05, 4.69) is 15.3 Å². The van der Waals surface area contributed by atoms with Crippen molar-refractivity contribution in [3.63, 3.8) is 0 Å². The third-order valence-corrected chi connectivity index (χ3v) is 7.33. The summed E-state index contributed by atoms with van der Waals surface area (Å²) < 4.78 is 26.4. The van der Waals surface area contributed by atoms with Crippen molar-refractivity contribution in [2.75, 3.05) is 30.9 Å². The predicted octanol–water partition coefficient (Wildman–Crippen LogP) is 2.94. The van der Waals surface area contributed by atoms with Crippen LogP contribution in [0.25, 0.3) is 11.3 Å². The molecule has 1 N–H and O–H groups in total. The Balaban J connectivity index is 1.60. The molecule has 0 saturated heterocycles. The average Bonchev–Trinajstić information content (AvgIpc) is 2.92. The second kappa shape index (κ2) is 8.97. The highest BCUT2D eigenvalue weighted by Crippen LogP contribution is 2.35. The fraction of sp³-hybridized carbons (Fsp3) is 0.217. The molecule has 1 amide bonds. The van der Waals surface area contributed by atoms with Crippen LogP contribution in [0.4, 0.5) is 17.3 Å². The normalized spacial score (nSPS) is 13.2. The van der Waals surface area contributed by atoms with E-state index in [9.17, 15) is 13.2 Å². The molecule has 0 unspecified atom stereocenters. The summed E-state index contributed by atoms with van der Waals surface area (Å²) in [5, 5.41) is 11.8. The van der Waals surface area contributed by atoms with Gasteiger partial charge in [-0.25, -0.2) is 18.4 Å².